The number of nitrogens with zero attached hydrogens (tertiary/aromatic N) is 2. The van der Waals surface area contributed by atoms with E-state index in [0.717, 1.165) is 24.8 Å². The van der Waals surface area contributed by atoms with Crippen LogP contribution in [0.25, 0.3) is 11.4 Å². The van der Waals surface area contributed by atoms with E-state index in [4.69, 9.17) is 10.3 Å². The summed E-state index contributed by atoms with van der Waals surface area (Å²) in [6, 6.07) is 8.27. The maximum absolute atomic E-state index is 5.92. The van der Waals surface area contributed by atoms with Crippen LogP contribution in [0.15, 0.2) is 28.8 Å². The molecule has 1 aromatic heterocycles. The average Bonchev–Trinajstić information content (AvgIpc) is 3.00. The van der Waals surface area contributed by atoms with Gasteiger partial charge in [-0.3, -0.25) is 0 Å². The highest BCUT2D eigenvalue weighted by Crippen LogP contribution is 2.30. The first-order valence-corrected chi connectivity index (χ1v) is 7.32. The molecule has 4 nitrogen and oxygen atoms in total. The summed E-state index contributed by atoms with van der Waals surface area (Å²) in [6.07, 6.45) is 2.83. The van der Waals surface area contributed by atoms with Crippen molar-refractivity contribution in [3.05, 3.63) is 35.7 Å². The number of nitrogens with two attached hydrogens (primary N) is 1. The Bertz CT molecular complexity index is 533. The van der Waals surface area contributed by atoms with Crippen LogP contribution in [0.2, 0.25) is 0 Å². The lowest BCUT2D eigenvalue weighted by atomic mass is 9.82. The minimum Gasteiger partial charge on any atom is -0.338 e. The minimum absolute atomic E-state index is 0.200. The van der Waals surface area contributed by atoms with Crippen LogP contribution in [0.3, 0.4) is 0 Å². The zero-order valence-electron chi connectivity index (χ0n) is 12.5. The van der Waals surface area contributed by atoms with Gasteiger partial charge in [-0.2, -0.15) is 4.98 Å². The second-order valence-electron chi connectivity index (χ2n) is 5.17. The average molecular weight is 273 g/mol. The van der Waals surface area contributed by atoms with Crippen molar-refractivity contribution in [2.75, 3.05) is 6.54 Å². The molecule has 1 heterocycles. The molecule has 0 saturated carbocycles. The monoisotopic (exact) mass is 273 g/mol. The number of aryl methyl sites for hydroxylation is 1. The Morgan fingerprint density at radius 1 is 1.10 bits per heavy atom. The van der Waals surface area contributed by atoms with Gasteiger partial charge in [-0.15, -0.1) is 0 Å². The molecule has 0 atom stereocenters. The number of aromatic nitrogens is 2. The minimum atomic E-state index is -0.200. The first-order valence-electron chi connectivity index (χ1n) is 7.32. The lowest BCUT2D eigenvalue weighted by Crippen LogP contribution is -2.34. The van der Waals surface area contributed by atoms with Crippen molar-refractivity contribution in [2.45, 2.75) is 45.4 Å². The van der Waals surface area contributed by atoms with Crippen LogP contribution in [-0.2, 0) is 11.8 Å². The Kier molecular flexibility index (Phi) is 4.55. The van der Waals surface area contributed by atoms with E-state index in [2.05, 4.69) is 43.0 Å². The fraction of sp³-hybridized carbons (Fsp3) is 0.500. The van der Waals surface area contributed by atoms with E-state index in [1.54, 1.807) is 0 Å². The third-order valence-electron chi connectivity index (χ3n) is 4.24. The van der Waals surface area contributed by atoms with Crippen molar-refractivity contribution in [1.29, 1.82) is 0 Å². The summed E-state index contributed by atoms with van der Waals surface area (Å²) in [5, 5.41) is 4.11. The summed E-state index contributed by atoms with van der Waals surface area (Å²) in [4.78, 5) is 4.56. The molecule has 4 heteroatoms. The van der Waals surface area contributed by atoms with Crippen LogP contribution in [-0.4, -0.2) is 16.7 Å². The number of hydrogen-bond donors (Lipinski definition) is 1. The Hall–Kier alpha value is -1.68. The zero-order chi connectivity index (χ0) is 14.6. The normalized spacial score (nSPS) is 11.8. The van der Waals surface area contributed by atoms with Gasteiger partial charge in [0, 0.05) is 12.1 Å². The van der Waals surface area contributed by atoms with Crippen molar-refractivity contribution < 1.29 is 4.52 Å². The quantitative estimate of drug-likeness (QED) is 0.877. The molecule has 108 valence electrons. The highest BCUT2D eigenvalue weighted by molar-refractivity contribution is 5.54. The lowest BCUT2D eigenvalue weighted by Gasteiger charge is -2.24. The van der Waals surface area contributed by atoms with Crippen molar-refractivity contribution >= 4 is 0 Å². The largest absolute Gasteiger partial charge is 0.338 e. The first kappa shape index (κ1) is 14.7. The second-order valence-corrected chi connectivity index (χ2v) is 5.17. The van der Waals surface area contributed by atoms with E-state index < -0.39 is 0 Å². The highest BCUT2D eigenvalue weighted by Gasteiger charge is 2.33. The first-order chi connectivity index (χ1) is 9.69. The Morgan fingerprint density at radius 2 is 1.75 bits per heavy atom. The molecule has 0 spiro atoms. The third kappa shape index (κ3) is 2.61. The van der Waals surface area contributed by atoms with E-state index in [-0.39, 0.29) is 5.41 Å². The van der Waals surface area contributed by atoms with E-state index in [1.165, 1.54) is 5.56 Å². The van der Waals surface area contributed by atoms with Gasteiger partial charge in [-0.1, -0.05) is 50.2 Å². The van der Waals surface area contributed by atoms with Crippen molar-refractivity contribution in [1.82, 2.24) is 10.1 Å². The topological polar surface area (TPSA) is 64.9 Å². The molecule has 0 aliphatic carbocycles. The molecular weight excluding hydrogens is 250 g/mol. The molecular formula is C16H23N3O. The molecule has 0 amide bonds. The van der Waals surface area contributed by atoms with Crippen LogP contribution in [0.5, 0.6) is 0 Å². The Morgan fingerprint density at radius 3 is 2.25 bits per heavy atom. The van der Waals surface area contributed by atoms with Gasteiger partial charge in [0.25, 0.3) is 0 Å². The van der Waals surface area contributed by atoms with Crippen LogP contribution in [0.1, 0.15) is 45.1 Å². The van der Waals surface area contributed by atoms with Gasteiger partial charge in [0.2, 0.25) is 11.7 Å². The van der Waals surface area contributed by atoms with Crippen LogP contribution >= 0.6 is 0 Å². The highest BCUT2D eigenvalue weighted by atomic mass is 16.5. The fourth-order valence-electron chi connectivity index (χ4n) is 2.37. The molecule has 0 saturated heterocycles. The summed E-state index contributed by atoms with van der Waals surface area (Å²) < 4.78 is 5.47. The number of benzene rings is 1. The molecule has 0 fully saturated rings. The van der Waals surface area contributed by atoms with Gasteiger partial charge in [0.1, 0.15) is 0 Å². The van der Waals surface area contributed by atoms with Gasteiger partial charge < -0.3 is 10.3 Å². The molecule has 2 N–H and O–H groups in total. The van der Waals surface area contributed by atoms with E-state index in [9.17, 15) is 0 Å². The molecule has 0 radical (unpaired) electrons. The maximum Gasteiger partial charge on any atom is 0.234 e. The van der Waals surface area contributed by atoms with Gasteiger partial charge in [-0.25, -0.2) is 0 Å². The predicted molar refractivity (Wildman–Crippen MR) is 80.4 cm³/mol. The summed E-state index contributed by atoms with van der Waals surface area (Å²) >= 11 is 0. The molecule has 0 bridgehead atoms. The summed E-state index contributed by atoms with van der Waals surface area (Å²) in [6.45, 7) is 6.88. The smallest absolute Gasteiger partial charge is 0.234 e. The Balaban J connectivity index is 2.32. The van der Waals surface area contributed by atoms with E-state index in [1.807, 2.05) is 12.1 Å². The second kappa shape index (κ2) is 6.18. The van der Waals surface area contributed by atoms with Crippen molar-refractivity contribution in [3.8, 4) is 11.4 Å². The maximum atomic E-state index is 5.92. The zero-order valence-corrected chi connectivity index (χ0v) is 12.5. The molecule has 2 rings (SSSR count). The van der Waals surface area contributed by atoms with Crippen LogP contribution in [0, 0.1) is 0 Å². The summed E-state index contributed by atoms with van der Waals surface area (Å²) in [5.74, 6) is 1.29. The van der Waals surface area contributed by atoms with E-state index >= 15 is 0 Å². The standard InChI is InChI=1S/C16H23N3O/c1-4-12-7-9-13(10-8-12)14-18-15(20-19-14)16(5-2,6-3)11-17/h7-10H,4-6,11,17H2,1-3H3. The molecule has 1 aromatic carbocycles. The third-order valence-corrected chi connectivity index (χ3v) is 4.24. The van der Waals surface area contributed by atoms with Crippen LogP contribution < -0.4 is 5.73 Å². The van der Waals surface area contributed by atoms with Gasteiger partial charge in [-0.05, 0) is 24.8 Å². The van der Waals surface area contributed by atoms with Gasteiger partial charge in [0.05, 0.1) is 5.41 Å². The number of rotatable bonds is 6. The van der Waals surface area contributed by atoms with Crippen molar-refractivity contribution in [2.24, 2.45) is 5.73 Å². The van der Waals surface area contributed by atoms with E-state index in [0.29, 0.717) is 18.3 Å². The van der Waals surface area contributed by atoms with Gasteiger partial charge in [0.15, 0.2) is 0 Å². The fourth-order valence-corrected chi connectivity index (χ4v) is 2.37. The molecule has 0 aliphatic heterocycles. The van der Waals surface area contributed by atoms with Gasteiger partial charge >= 0.3 is 0 Å². The number of hydrogen-bond acceptors (Lipinski definition) is 4. The van der Waals surface area contributed by atoms with Crippen LogP contribution in [0.4, 0.5) is 0 Å². The Labute approximate surface area is 120 Å². The lowest BCUT2D eigenvalue weighted by molar-refractivity contribution is 0.267. The summed E-state index contributed by atoms with van der Waals surface area (Å²) in [7, 11) is 0. The predicted octanol–water partition coefficient (Wildman–Crippen LogP) is 3.32. The molecule has 0 unspecified atom stereocenters. The molecule has 2 aromatic rings. The molecule has 20 heavy (non-hydrogen) atoms. The summed E-state index contributed by atoms with van der Waals surface area (Å²) in [5.41, 5.74) is 8.00. The molecule has 0 aliphatic rings. The van der Waals surface area contributed by atoms with Crippen molar-refractivity contribution in [3.63, 3.8) is 0 Å². The SMILES string of the molecule is CCc1ccc(-c2noc(C(CC)(CC)CN)n2)cc1.